The van der Waals surface area contributed by atoms with Crippen molar-refractivity contribution in [1.82, 2.24) is 4.57 Å². The third-order valence-electron chi connectivity index (χ3n) is 6.90. The Hall–Kier alpha value is -2.73. The quantitative estimate of drug-likeness (QED) is 0.586. The lowest BCUT2D eigenvalue weighted by Crippen LogP contribution is -2.21. The number of rotatable bonds is 5. The molecule has 5 rings (SSSR count). The van der Waals surface area contributed by atoms with Crippen molar-refractivity contribution in [2.24, 2.45) is 5.41 Å². The molecule has 1 N–H and O–H groups in total. The van der Waals surface area contributed by atoms with Gasteiger partial charge in [0, 0.05) is 35.9 Å². The van der Waals surface area contributed by atoms with Crippen LogP contribution >= 0.6 is 0 Å². The Bertz CT molecular complexity index is 1170. The molecule has 2 aliphatic rings. The molecule has 0 amide bonds. The molecule has 31 heavy (non-hydrogen) atoms. The normalized spacial score (nSPS) is 18.4. The van der Waals surface area contributed by atoms with Crippen molar-refractivity contribution in [3.8, 4) is 5.69 Å². The molecular formula is C25H25F2NO3. The van der Waals surface area contributed by atoms with E-state index < -0.39 is 11.4 Å². The van der Waals surface area contributed by atoms with E-state index in [4.69, 9.17) is 4.74 Å². The van der Waals surface area contributed by atoms with E-state index in [0.717, 1.165) is 40.7 Å². The number of aromatic nitrogens is 1. The highest BCUT2D eigenvalue weighted by Gasteiger charge is 2.51. The van der Waals surface area contributed by atoms with Crippen LogP contribution in [0, 0.1) is 24.0 Å². The van der Waals surface area contributed by atoms with Crippen LogP contribution in [-0.2, 0) is 16.0 Å². The lowest BCUT2D eigenvalue weighted by Gasteiger charge is -2.26. The minimum atomic E-state index is -0.791. The second kappa shape index (κ2) is 7.45. The maximum atomic E-state index is 14.3. The average Bonchev–Trinajstić information content (AvgIpc) is 3.48. The van der Waals surface area contributed by atoms with Crippen molar-refractivity contribution >= 4 is 16.9 Å². The summed E-state index contributed by atoms with van der Waals surface area (Å²) in [4.78, 5) is 12.0. The number of fused-ring (bicyclic) bond motifs is 1. The molecule has 0 radical (unpaired) electrons. The van der Waals surface area contributed by atoms with Gasteiger partial charge in [0.25, 0.3) is 0 Å². The van der Waals surface area contributed by atoms with Crippen LogP contribution in [0.3, 0.4) is 0 Å². The summed E-state index contributed by atoms with van der Waals surface area (Å²) in [6.45, 7) is 2.99. The second-order valence-electron chi connectivity index (χ2n) is 8.94. The van der Waals surface area contributed by atoms with E-state index in [2.05, 4.69) is 4.57 Å². The summed E-state index contributed by atoms with van der Waals surface area (Å²) in [7, 11) is 0. The fourth-order valence-corrected chi connectivity index (χ4v) is 4.94. The molecule has 6 heteroatoms. The number of nitrogens with zero attached hydrogens (tertiary/aromatic N) is 1. The zero-order valence-electron chi connectivity index (χ0n) is 17.5. The van der Waals surface area contributed by atoms with Gasteiger partial charge in [-0.05, 0) is 86.6 Å². The molecule has 0 unspecified atom stereocenters. The molecule has 1 aliphatic heterocycles. The Morgan fingerprint density at radius 3 is 2.55 bits per heavy atom. The maximum absolute atomic E-state index is 14.3. The molecule has 0 bridgehead atoms. The monoisotopic (exact) mass is 425 g/mol. The van der Waals surface area contributed by atoms with Crippen molar-refractivity contribution in [3.05, 3.63) is 64.9 Å². The number of hydrogen-bond donors (Lipinski definition) is 1. The molecule has 1 aromatic heterocycles. The van der Waals surface area contributed by atoms with Gasteiger partial charge in [-0.15, -0.1) is 0 Å². The van der Waals surface area contributed by atoms with Crippen LogP contribution in [0.1, 0.15) is 48.4 Å². The number of aliphatic carboxylic acids is 1. The lowest BCUT2D eigenvalue weighted by molar-refractivity contribution is -0.143. The van der Waals surface area contributed by atoms with Crippen LogP contribution in [0.15, 0.2) is 36.4 Å². The standard InChI is InChI=1S/C25H25F2NO3/c1-15-12-18(3-4-21(15)27)28-22-5-2-17(26)13-19(22)20(14-25(8-9-25)24(29)30)23(28)16-6-10-31-11-7-16/h2-5,12-13,16H,6-11,14H2,1H3,(H,29,30). The first-order valence-electron chi connectivity index (χ1n) is 10.8. The predicted molar refractivity (Wildman–Crippen MR) is 114 cm³/mol. The first-order chi connectivity index (χ1) is 14.9. The molecule has 2 heterocycles. The lowest BCUT2D eigenvalue weighted by atomic mass is 9.87. The predicted octanol–water partition coefficient (Wildman–Crippen LogP) is 5.52. The van der Waals surface area contributed by atoms with E-state index in [0.29, 0.717) is 38.0 Å². The van der Waals surface area contributed by atoms with Crippen LogP contribution < -0.4 is 0 Å². The summed E-state index contributed by atoms with van der Waals surface area (Å²) in [5, 5.41) is 10.6. The number of carboxylic acid groups (broad SMARTS) is 1. The Kier molecular flexibility index (Phi) is 4.85. The van der Waals surface area contributed by atoms with Gasteiger partial charge in [0.05, 0.1) is 10.9 Å². The van der Waals surface area contributed by atoms with Crippen LogP contribution in [0.25, 0.3) is 16.6 Å². The van der Waals surface area contributed by atoms with Gasteiger partial charge in [0.15, 0.2) is 0 Å². The van der Waals surface area contributed by atoms with Gasteiger partial charge in [-0.25, -0.2) is 8.78 Å². The largest absolute Gasteiger partial charge is 0.481 e. The molecule has 1 aliphatic carbocycles. The van der Waals surface area contributed by atoms with Crippen LogP contribution in [0.5, 0.6) is 0 Å². The smallest absolute Gasteiger partial charge is 0.309 e. The van der Waals surface area contributed by atoms with Crippen molar-refractivity contribution in [3.63, 3.8) is 0 Å². The topological polar surface area (TPSA) is 51.5 Å². The first-order valence-corrected chi connectivity index (χ1v) is 10.8. The summed E-state index contributed by atoms with van der Waals surface area (Å²) in [6, 6.07) is 9.68. The van der Waals surface area contributed by atoms with E-state index >= 15 is 0 Å². The Morgan fingerprint density at radius 1 is 1.16 bits per heavy atom. The van der Waals surface area contributed by atoms with E-state index in [-0.39, 0.29) is 17.6 Å². The fraction of sp³-hybridized carbons (Fsp3) is 0.400. The zero-order chi connectivity index (χ0) is 21.8. The Morgan fingerprint density at radius 2 is 1.90 bits per heavy atom. The Labute approximate surface area is 179 Å². The van der Waals surface area contributed by atoms with Crippen molar-refractivity contribution in [2.45, 2.75) is 44.9 Å². The van der Waals surface area contributed by atoms with E-state index in [1.807, 2.05) is 0 Å². The summed E-state index contributed by atoms with van der Waals surface area (Å²) >= 11 is 0. The highest BCUT2D eigenvalue weighted by Crippen LogP contribution is 2.51. The molecule has 162 valence electrons. The van der Waals surface area contributed by atoms with Gasteiger partial charge in [0.1, 0.15) is 11.6 Å². The Balaban J connectivity index is 1.79. The van der Waals surface area contributed by atoms with Gasteiger partial charge in [-0.2, -0.15) is 0 Å². The minimum absolute atomic E-state index is 0.161. The third-order valence-corrected chi connectivity index (χ3v) is 6.90. The van der Waals surface area contributed by atoms with E-state index in [1.54, 1.807) is 25.1 Å². The van der Waals surface area contributed by atoms with E-state index in [1.165, 1.54) is 18.2 Å². The van der Waals surface area contributed by atoms with Crippen LogP contribution in [0.2, 0.25) is 0 Å². The first kappa shape index (κ1) is 20.2. The number of ether oxygens (including phenoxy) is 1. The van der Waals surface area contributed by atoms with Gasteiger partial charge in [-0.1, -0.05) is 0 Å². The maximum Gasteiger partial charge on any atom is 0.309 e. The van der Waals surface area contributed by atoms with Gasteiger partial charge in [0.2, 0.25) is 0 Å². The van der Waals surface area contributed by atoms with Crippen molar-refractivity contribution in [2.75, 3.05) is 13.2 Å². The van der Waals surface area contributed by atoms with Crippen LogP contribution in [0.4, 0.5) is 8.78 Å². The molecule has 4 nitrogen and oxygen atoms in total. The summed E-state index contributed by atoms with van der Waals surface area (Å²) in [5.41, 5.74) is 3.31. The second-order valence-corrected chi connectivity index (χ2v) is 8.94. The molecule has 1 saturated heterocycles. The SMILES string of the molecule is Cc1cc(-n2c(C3CCOCC3)c(CC3(C(=O)O)CC3)c3cc(F)ccc32)ccc1F. The van der Waals surface area contributed by atoms with Gasteiger partial charge < -0.3 is 14.4 Å². The van der Waals surface area contributed by atoms with Gasteiger partial charge in [-0.3, -0.25) is 4.79 Å². The molecule has 0 spiro atoms. The zero-order valence-corrected chi connectivity index (χ0v) is 17.5. The third kappa shape index (κ3) is 3.43. The van der Waals surface area contributed by atoms with E-state index in [9.17, 15) is 18.7 Å². The fourth-order valence-electron chi connectivity index (χ4n) is 4.94. The minimum Gasteiger partial charge on any atom is -0.481 e. The van der Waals surface area contributed by atoms with Crippen molar-refractivity contribution in [1.29, 1.82) is 0 Å². The molecular weight excluding hydrogens is 400 g/mol. The number of benzene rings is 2. The number of hydrogen-bond acceptors (Lipinski definition) is 2. The average molecular weight is 425 g/mol. The molecule has 3 aromatic rings. The summed E-state index contributed by atoms with van der Waals surface area (Å²) in [6.07, 6.45) is 3.26. The number of carbonyl (C=O) groups is 1. The van der Waals surface area contributed by atoms with Crippen LogP contribution in [-0.4, -0.2) is 28.9 Å². The molecule has 0 atom stereocenters. The molecule has 2 aromatic carbocycles. The molecule has 1 saturated carbocycles. The highest BCUT2D eigenvalue weighted by molar-refractivity contribution is 5.89. The molecule has 2 fully saturated rings. The van der Waals surface area contributed by atoms with Gasteiger partial charge >= 0.3 is 5.97 Å². The summed E-state index contributed by atoms with van der Waals surface area (Å²) < 4.78 is 36.0. The summed E-state index contributed by atoms with van der Waals surface area (Å²) in [5.74, 6) is -1.25. The number of carboxylic acids is 1. The number of halogens is 2. The number of aryl methyl sites for hydroxylation is 1. The highest BCUT2D eigenvalue weighted by atomic mass is 19.1. The van der Waals surface area contributed by atoms with Crippen molar-refractivity contribution < 1.29 is 23.4 Å².